The molecule has 0 spiro atoms. The second-order valence-corrected chi connectivity index (χ2v) is 6.22. The maximum Gasteiger partial charge on any atom is 0.184 e. The van der Waals surface area contributed by atoms with Gasteiger partial charge in [-0.3, -0.25) is 0 Å². The molecule has 0 aromatic heterocycles. The van der Waals surface area contributed by atoms with Crippen LogP contribution < -0.4 is 4.74 Å². The van der Waals surface area contributed by atoms with Crippen molar-refractivity contribution in [1.82, 2.24) is 0 Å². The van der Waals surface area contributed by atoms with Gasteiger partial charge in [-0.15, -0.1) is 13.2 Å². The molecule has 1 fully saturated rings. The molecule has 0 saturated carbocycles. The molecular weight excluding hydrogens is 276 g/mol. The van der Waals surface area contributed by atoms with Crippen molar-refractivity contribution in [1.29, 1.82) is 0 Å². The third-order valence-corrected chi connectivity index (χ3v) is 4.38. The van der Waals surface area contributed by atoms with Crippen LogP contribution in [0.3, 0.4) is 0 Å². The van der Waals surface area contributed by atoms with Gasteiger partial charge in [0.25, 0.3) is 0 Å². The van der Waals surface area contributed by atoms with Crippen molar-refractivity contribution < 1.29 is 14.2 Å². The molecule has 1 unspecified atom stereocenters. The molecule has 1 aromatic carbocycles. The van der Waals surface area contributed by atoms with E-state index < -0.39 is 0 Å². The van der Waals surface area contributed by atoms with E-state index in [1.165, 1.54) is 0 Å². The van der Waals surface area contributed by atoms with E-state index in [9.17, 15) is 0 Å². The molecule has 2 rings (SSSR count). The monoisotopic (exact) mass is 302 g/mol. The van der Waals surface area contributed by atoms with Gasteiger partial charge in [0.1, 0.15) is 5.75 Å². The maximum atomic E-state index is 6.21. The fourth-order valence-corrected chi connectivity index (χ4v) is 2.83. The highest BCUT2D eigenvalue weighted by Crippen LogP contribution is 2.44. The van der Waals surface area contributed by atoms with Gasteiger partial charge in [0.15, 0.2) is 6.29 Å². The standard InChI is InChI=1S/C19H26O3/c1-6-8-16-19(3,4)17(9-7-2)22-18(21-16)14-10-12-15(20-5)13-11-14/h6-7,10-13,16-18H,1-2,8-9H2,3-5H3/t16-,17+,18?. The molecule has 22 heavy (non-hydrogen) atoms. The van der Waals surface area contributed by atoms with Crippen molar-refractivity contribution in [3.63, 3.8) is 0 Å². The van der Waals surface area contributed by atoms with Gasteiger partial charge in [-0.2, -0.15) is 0 Å². The zero-order valence-corrected chi connectivity index (χ0v) is 13.7. The Morgan fingerprint density at radius 3 is 1.95 bits per heavy atom. The van der Waals surface area contributed by atoms with Crippen LogP contribution in [0.5, 0.6) is 5.75 Å². The van der Waals surface area contributed by atoms with Crippen LogP contribution in [-0.4, -0.2) is 19.3 Å². The van der Waals surface area contributed by atoms with E-state index in [4.69, 9.17) is 14.2 Å². The summed E-state index contributed by atoms with van der Waals surface area (Å²) in [5.41, 5.74) is 0.908. The quantitative estimate of drug-likeness (QED) is 0.716. The van der Waals surface area contributed by atoms with E-state index in [1.54, 1.807) is 7.11 Å². The first-order valence-corrected chi connectivity index (χ1v) is 7.69. The van der Waals surface area contributed by atoms with Gasteiger partial charge in [0, 0.05) is 11.0 Å². The highest BCUT2D eigenvalue weighted by Gasteiger charge is 2.44. The summed E-state index contributed by atoms with van der Waals surface area (Å²) < 4.78 is 17.6. The summed E-state index contributed by atoms with van der Waals surface area (Å²) in [6.07, 6.45) is 5.19. The van der Waals surface area contributed by atoms with Gasteiger partial charge < -0.3 is 14.2 Å². The topological polar surface area (TPSA) is 27.7 Å². The Morgan fingerprint density at radius 1 is 1.05 bits per heavy atom. The Morgan fingerprint density at radius 2 is 1.55 bits per heavy atom. The van der Waals surface area contributed by atoms with Gasteiger partial charge in [0.05, 0.1) is 19.3 Å². The first kappa shape index (κ1) is 16.8. The van der Waals surface area contributed by atoms with Crippen LogP contribution in [0.15, 0.2) is 49.6 Å². The van der Waals surface area contributed by atoms with Crippen LogP contribution in [0.2, 0.25) is 0 Å². The number of methoxy groups -OCH3 is 1. The highest BCUT2D eigenvalue weighted by molar-refractivity contribution is 5.28. The fraction of sp³-hybridized carbons (Fsp3) is 0.474. The normalized spacial score (nSPS) is 27.1. The van der Waals surface area contributed by atoms with Crippen LogP contribution >= 0.6 is 0 Å². The van der Waals surface area contributed by atoms with Gasteiger partial charge in [-0.1, -0.05) is 38.1 Å². The zero-order chi connectivity index (χ0) is 16.2. The second kappa shape index (κ2) is 7.12. The average molecular weight is 302 g/mol. The van der Waals surface area contributed by atoms with Crippen LogP contribution in [0.4, 0.5) is 0 Å². The molecule has 0 radical (unpaired) electrons. The molecule has 1 heterocycles. The lowest BCUT2D eigenvalue weighted by Crippen LogP contribution is -2.49. The zero-order valence-electron chi connectivity index (χ0n) is 13.7. The molecule has 0 N–H and O–H groups in total. The van der Waals surface area contributed by atoms with Crippen molar-refractivity contribution in [3.05, 3.63) is 55.1 Å². The van der Waals surface area contributed by atoms with E-state index in [0.29, 0.717) is 0 Å². The number of rotatable bonds is 6. The Kier molecular flexibility index (Phi) is 5.43. The van der Waals surface area contributed by atoms with Gasteiger partial charge in [-0.25, -0.2) is 0 Å². The molecule has 0 bridgehead atoms. The van der Waals surface area contributed by atoms with Gasteiger partial charge >= 0.3 is 0 Å². The molecule has 120 valence electrons. The van der Waals surface area contributed by atoms with Crippen molar-refractivity contribution in [2.24, 2.45) is 5.41 Å². The number of hydrogen-bond acceptors (Lipinski definition) is 3. The number of hydrogen-bond donors (Lipinski definition) is 0. The first-order valence-electron chi connectivity index (χ1n) is 7.69. The predicted molar refractivity (Wildman–Crippen MR) is 88.9 cm³/mol. The van der Waals surface area contributed by atoms with E-state index in [2.05, 4.69) is 27.0 Å². The first-order chi connectivity index (χ1) is 10.5. The Hall–Kier alpha value is -1.58. The minimum absolute atomic E-state index is 0.0656. The van der Waals surface area contributed by atoms with E-state index in [1.807, 2.05) is 36.4 Å². The summed E-state index contributed by atoms with van der Waals surface area (Å²) in [5, 5.41) is 0. The summed E-state index contributed by atoms with van der Waals surface area (Å²) in [6.45, 7) is 12.1. The summed E-state index contributed by atoms with van der Waals surface area (Å²) in [5.74, 6) is 0.824. The lowest BCUT2D eigenvalue weighted by Gasteiger charge is -2.47. The van der Waals surface area contributed by atoms with Crippen molar-refractivity contribution in [2.45, 2.75) is 45.2 Å². The predicted octanol–water partition coefficient (Wildman–Crippen LogP) is 4.66. The molecule has 1 aromatic rings. The average Bonchev–Trinajstić information content (AvgIpc) is 2.52. The van der Waals surface area contributed by atoms with Crippen molar-refractivity contribution >= 4 is 0 Å². The summed E-state index contributed by atoms with van der Waals surface area (Å²) >= 11 is 0. The minimum Gasteiger partial charge on any atom is -0.497 e. The minimum atomic E-state index is -0.367. The third kappa shape index (κ3) is 3.42. The van der Waals surface area contributed by atoms with Crippen molar-refractivity contribution in [2.75, 3.05) is 7.11 Å². The summed E-state index contributed by atoms with van der Waals surface area (Å²) in [6, 6.07) is 7.81. The van der Waals surface area contributed by atoms with E-state index >= 15 is 0 Å². The molecule has 1 saturated heterocycles. The van der Waals surface area contributed by atoms with E-state index in [-0.39, 0.29) is 23.9 Å². The SMILES string of the molecule is C=CC[C@@H]1OC(c2ccc(OC)cc2)O[C@H](CC=C)C1(C)C. The van der Waals surface area contributed by atoms with Crippen LogP contribution in [0.1, 0.15) is 38.5 Å². The number of ether oxygens (including phenoxy) is 3. The molecule has 3 atom stereocenters. The molecular formula is C19H26O3. The van der Waals surface area contributed by atoms with Gasteiger partial charge in [-0.05, 0) is 25.0 Å². The van der Waals surface area contributed by atoms with Crippen molar-refractivity contribution in [3.8, 4) is 5.75 Å². The molecule has 0 amide bonds. The second-order valence-electron chi connectivity index (χ2n) is 6.22. The summed E-state index contributed by atoms with van der Waals surface area (Å²) in [4.78, 5) is 0. The van der Waals surface area contributed by atoms with Crippen LogP contribution in [-0.2, 0) is 9.47 Å². The molecule has 1 aliphatic rings. The van der Waals surface area contributed by atoms with Crippen LogP contribution in [0.25, 0.3) is 0 Å². The maximum absolute atomic E-state index is 6.21. The van der Waals surface area contributed by atoms with Gasteiger partial charge in [0.2, 0.25) is 0 Å². The largest absolute Gasteiger partial charge is 0.497 e. The molecule has 3 heteroatoms. The van der Waals surface area contributed by atoms with Crippen LogP contribution in [0, 0.1) is 5.41 Å². The third-order valence-electron chi connectivity index (χ3n) is 4.38. The number of benzene rings is 1. The molecule has 1 aliphatic heterocycles. The Labute approximate surface area is 133 Å². The highest BCUT2D eigenvalue weighted by atomic mass is 16.7. The fourth-order valence-electron chi connectivity index (χ4n) is 2.83. The van der Waals surface area contributed by atoms with E-state index in [0.717, 1.165) is 24.2 Å². The summed E-state index contributed by atoms with van der Waals surface area (Å²) in [7, 11) is 1.66. The Balaban J connectivity index is 2.24. The lowest BCUT2D eigenvalue weighted by atomic mass is 9.77. The molecule has 0 aliphatic carbocycles. The molecule has 3 nitrogen and oxygen atoms in total. The smallest absolute Gasteiger partial charge is 0.184 e. The Bertz CT molecular complexity index is 482. The lowest BCUT2D eigenvalue weighted by molar-refractivity contribution is -0.296.